The smallest absolute Gasteiger partial charge is 0.00722 e. The molecule has 1 aromatic rings. The third-order valence-electron chi connectivity index (χ3n) is 3.17. The quantitative estimate of drug-likeness (QED) is 0.573. The summed E-state index contributed by atoms with van der Waals surface area (Å²) in [6.07, 6.45) is 1.22. The van der Waals surface area contributed by atoms with E-state index in [4.69, 9.17) is 0 Å². The van der Waals surface area contributed by atoms with Crippen molar-refractivity contribution in [1.82, 2.24) is 5.32 Å². The van der Waals surface area contributed by atoms with Crippen LogP contribution in [0, 0.1) is 5.92 Å². The van der Waals surface area contributed by atoms with Gasteiger partial charge in [0.2, 0.25) is 0 Å². The first-order chi connectivity index (χ1) is 8.93. The molecule has 19 heavy (non-hydrogen) atoms. The molecule has 1 nitrogen and oxygen atoms in total. The second-order valence-electron chi connectivity index (χ2n) is 6.39. The van der Waals surface area contributed by atoms with E-state index in [0.29, 0.717) is 0 Å². The van der Waals surface area contributed by atoms with Crippen LogP contribution in [0.5, 0.6) is 0 Å². The van der Waals surface area contributed by atoms with Crippen LogP contribution in [0.4, 0.5) is 0 Å². The monoisotopic (exact) mass is 279 g/mol. The number of benzene rings is 1. The first-order valence-electron chi connectivity index (χ1n) is 7.37. The Morgan fingerprint density at radius 1 is 1.16 bits per heavy atom. The van der Waals surface area contributed by atoms with Gasteiger partial charge in [0.15, 0.2) is 0 Å². The number of nitrogens with one attached hydrogen (secondary N) is 1. The molecule has 0 heterocycles. The van der Waals surface area contributed by atoms with Crippen LogP contribution >= 0.6 is 11.8 Å². The van der Waals surface area contributed by atoms with Crippen molar-refractivity contribution in [2.45, 2.75) is 51.3 Å². The van der Waals surface area contributed by atoms with Crippen molar-refractivity contribution in [3.05, 3.63) is 29.8 Å². The van der Waals surface area contributed by atoms with Crippen LogP contribution in [0.1, 0.15) is 46.6 Å². The molecule has 0 bridgehead atoms. The first-order valence-corrected chi connectivity index (χ1v) is 8.36. The van der Waals surface area contributed by atoms with E-state index in [1.54, 1.807) is 0 Å². The van der Waals surface area contributed by atoms with E-state index in [9.17, 15) is 0 Å². The normalized spacial score (nSPS) is 13.5. The SMILES string of the molecule is CCCNCC(C)CSc1ccc(C(C)(C)C)cc1. The Balaban J connectivity index is 2.37. The molecular weight excluding hydrogens is 250 g/mol. The Bertz CT molecular complexity index is 351. The van der Waals surface area contributed by atoms with Gasteiger partial charge in [0, 0.05) is 10.6 Å². The summed E-state index contributed by atoms with van der Waals surface area (Å²) >= 11 is 1.97. The van der Waals surface area contributed by atoms with Crippen molar-refractivity contribution in [2.24, 2.45) is 5.92 Å². The fourth-order valence-electron chi connectivity index (χ4n) is 1.87. The van der Waals surface area contributed by atoms with Gasteiger partial charge in [-0.2, -0.15) is 0 Å². The molecule has 0 aliphatic carbocycles. The van der Waals surface area contributed by atoms with Gasteiger partial charge in [-0.1, -0.05) is 46.8 Å². The van der Waals surface area contributed by atoms with Crippen molar-refractivity contribution >= 4 is 11.8 Å². The highest BCUT2D eigenvalue weighted by molar-refractivity contribution is 7.99. The average Bonchev–Trinajstić information content (AvgIpc) is 2.36. The summed E-state index contributed by atoms with van der Waals surface area (Å²) in [6, 6.07) is 9.06. The van der Waals surface area contributed by atoms with Crippen LogP contribution in [0.15, 0.2) is 29.2 Å². The van der Waals surface area contributed by atoms with Gasteiger partial charge in [0.05, 0.1) is 0 Å². The molecule has 0 radical (unpaired) electrons. The lowest BCUT2D eigenvalue weighted by Gasteiger charge is -2.19. The summed E-state index contributed by atoms with van der Waals surface area (Å²) < 4.78 is 0. The lowest BCUT2D eigenvalue weighted by atomic mass is 9.87. The second kappa shape index (κ2) is 7.96. The predicted octanol–water partition coefficient (Wildman–Crippen LogP) is 4.71. The summed E-state index contributed by atoms with van der Waals surface area (Å²) in [7, 11) is 0. The summed E-state index contributed by atoms with van der Waals surface area (Å²) in [4.78, 5) is 1.38. The fraction of sp³-hybridized carbons (Fsp3) is 0.647. The Morgan fingerprint density at radius 2 is 1.79 bits per heavy atom. The van der Waals surface area contributed by atoms with Gasteiger partial charge in [0.1, 0.15) is 0 Å². The van der Waals surface area contributed by atoms with Crippen LogP contribution in [0.2, 0.25) is 0 Å². The molecule has 108 valence electrons. The molecule has 0 fully saturated rings. The lowest BCUT2D eigenvalue weighted by molar-refractivity contribution is 0.557. The molecule has 0 saturated carbocycles. The maximum Gasteiger partial charge on any atom is 0.00722 e. The Morgan fingerprint density at radius 3 is 2.32 bits per heavy atom. The van der Waals surface area contributed by atoms with Crippen LogP contribution in [-0.4, -0.2) is 18.8 Å². The molecule has 0 aliphatic rings. The molecule has 2 heteroatoms. The largest absolute Gasteiger partial charge is 0.316 e. The van der Waals surface area contributed by atoms with E-state index >= 15 is 0 Å². The number of hydrogen-bond acceptors (Lipinski definition) is 2. The lowest BCUT2D eigenvalue weighted by Crippen LogP contribution is -2.23. The van der Waals surface area contributed by atoms with Crippen molar-refractivity contribution in [1.29, 1.82) is 0 Å². The van der Waals surface area contributed by atoms with Gasteiger partial charge in [-0.3, -0.25) is 0 Å². The van der Waals surface area contributed by atoms with Crippen LogP contribution in [0.3, 0.4) is 0 Å². The molecule has 1 unspecified atom stereocenters. The molecule has 0 aliphatic heterocycles. The zero-order chi connectivity index (χ0) is 14.3. The molecule has 1 N–H and O–H groups in total. The Kier molecular flexibility index (Phi) is 6.95. The van der Waals surface area contributed by atoms with Crippen LogP contribution < -0.4 is 5.32 Å². The van der Waals surface area contributed by atoms with Crippen LogP contribution in [0.25, 0.3) is 0 Å². The first kappa shape index (κ1) is 16.6. The average molecular weight is 279 g/mol. The molecule has 1 atom stereocenters. The van der Waals surface area contributed by atoms with Crippen molar-refractivity contribution in [2.75, 3.05) is 18.8 Å². The highest BCUT2D eigenvalue weighted by Gasteiger charge is 2.12. The van der Waals surface area contributed by atoms with Gasteiger partial charge in [-0.15, -0.1) is 11.8 Å². The third kappa shape index (κ3) is 6.49. The maximum absolute atomic E-state index is 3.49. The van der Waals surface area contributed by atoms with Gasteiger partial charge in [0.25, 0.3) is 0 Å². The van der Waals surface area contributed by atoms with E-state index in [0.717, 1.165) is 19.0 Å². The highest BCUT2D eigenvalue weighted by atomic mass is 32.2. The fourth-order valence-corrected chi connectivity index (χ4v) is 2.80. The number of rotatable bonds is 7. The van der Waals surface area contributed by atoms with Gasteiger partial charge in [-0.05, 0) is 48.5 Å². The molecule has 1 aromatic carbocycles. The molecule has 0 spiro atoms. The molecule has 0 aromatic heterocycles. The molecule has 0 amide bonds. The van der Waals surface area contributed by atoms with E-state index in [2.05, 4.69) is 64.2 Å². The van der Waals surface area contributed by atoms with Gasteiger partial charge >= 0.3 is 0 Å². The summed E-state index contributed by atoms with van der Waals surface area (Å²) in [5.74, 6) is 1.91. The highest BCUT2D eigenvalue weighted by Crippen LogP contribution is 2.26. The standard InChI is InChI=1S/C17H29NS/c1-6-11-18-12-14(2)13-19-16-9-7-15(8-10-16)17(3,4)5/h7-10,14,18H,6,11-13H2,1-5H3. The van der Waals surface area contributed by atoms with Crippen molar-refractivity contribution in [3.8, 4) is 0 Å². The zero-order valence-corrected chi connectivity index (χ0v) is 13.9. The minimum Gasteiger partial charge on any atom is -0.316 e. The molecule has 1 rings (SSSR count). The predicted molar refractivity (Wildman–Crippen MR) is 88.2 cm³/mol. The summed E-state index contributed by atoms with van der Waals surface area (Å²) in [5, 5.41) is 3.49. The summed E-state index contributed by atoms with van der Waals surface area (Å²) in [5.41, 5.74) is 1.66. The molecular formula is C17H29NS. The minimum absolute atomic E-state index is 0.251. The zero-order valence-electron chi connectivity index (χ0n) is 13.1. The van der Waals surface area contributed by atoms with Crippen LogP contribution in [-0.2, 0) is 5.41 Å². The second-order valence-corrected chi connectivity index (χ2v) is 7.49. The Hall–Kier alpha value is -0.470. The third-order valence-corrected chi connectivity index (χ3v) is 4.52. The van der Waals surface area contributed by atoms with E-state index < -0.39 is 0 Å². The van der Waals surface area contributed by atoms with E-state index in [1.807, 2.05) is 11.8 Å². The van der Waals surface area contributed by atoms with Crippen molar-refractivity contribution < 1.29 is 0 Å². The minimum atomic E-state index is 0.251. The van der Waals surface area contributed by atoms with Gasteiger partial charge in [-0.25, -0.2) is 0 Å². The van der Waals surface area contributed by atoms with E-state index in [1.165, 1.54) is 22.6 Å². The topological polar surface area (TPSA) is 12.0 Å². The Labute approximate surface area is 123 Å². The van der Waals surface area contributed by atoms with Crippen molar-refractivity contribution in [3.63, 3.8) is 0 Å². The number of thioether (sulfide) groups is 1. The maximum atomic E-state index is 3.49. The van der Waals surface area contributed by atoms with E-state index in [-0.39, 0.29) is 5.41 Å². The summed E-state index contributed by atoms with van der Waals surface area (Å²) in [6.45, 7) is 13.6. The van der Waals surface area contributed by atoms with Gasteiger partial charge < -0.3 is 5.32 Å². The number of hydrogen-bond donors (Lipinski definition) is 1. The molecule has 0 saturated heterocycles.